The summed E-state index contributed by atoms with van der Waals surface area (Å²) in [6.07, 6.45) is 8.62. The van der Waals surface area contributed by atoms with E-state index in [1.807, 2.05) is 78.9 Å². The smallest absolute Gasteiger partial charge is 0.319 e. The van der Waals surface area contributed by atoms with Crippen molar-refractivity contribution in [2.45, 2.75) is 57.3 Å². The van der Waals surface area contributed by atoms with Crippen molar-refractivity contribution < 1.29 is 28.6 Å². The second kappa shape index (κ2) is 17.1. The third-order valence-corrected chi connectivity index (χ3v) is 10.1. The van der Waals surface area contributed by atoms with Crippen LogP contribution in [0, 0.1) is 0 Å². The number of anilines is 2. The second-order valence-corrected chi connectivity index (χ2v) is 14.6. The molecule has 0 aliphatic heterocycles. The van der Waals surface area contributed by atoms with Crippen LogP contribution in [0.3, 0.4) is 0 Å². The number of nitrogens with zero attached hydrogens (tertiary/aromatic N) is 4. The summed E-state index contributed by atoms with van der Waals surface area (Å²) in [5, 5.41) is 20.8. The third-order valence-electron chi connectivity index (χ3n) is 10.1. The summed E-state index contributed by atoms with van der Waals surface area (Å²) in [6.45, 7) is 1.38. The van der Waals surface area contributed by atoms with E-state index in [0.717, 1.165) is 55.7 Å². The first-order chi connectivity index (χ1) is 28.7. The van der Waals surface area contributed by atoms with Crippen LogP contribution in [0.25, 0.3) is 33.2 Å². The molecule has 3 aromatic carbocycles. The van der Waals surface area contributed by atoms with E-state index in [1.165, 1.54) is 39.7 Å². The zero-order valence-electron chi connectivity index (χ0n) is 32.8. The Labute approximate surface area is 339 Å². The van der Waals surface area contributed by atoms with E-state index in [0.29, 0.717) is 35.1 Å². The second-order valence-electron chi connectivity index (χ2n) is 14.6. The molecule has 2 amide bonds. The lowest BCUT2D eigenvalue weighted by Gasteiger charge is -2.09. The molecule has 0 bridgehead atoms. The number of amides is 2. The van der Waals surface area contributed by atoms with E-state index in [2.05, 4.69) is 46.0 Å². The van der Waals surface area contributed by atoms with Crippen molar-refractivity contribution in [2.24, 2.45) is 0 Å². The molecule has 15 nitrogen and oxygen atoms in total. The zero-order chi connectivity index (χ0) is 40.9. The molecule has 300 valence electrons. The van der Waals surface area contributed by atoms with E-state index >= 15 is 0 Å². The molecule has 2 saturated carbocycles. The normalized spacial score (nSPS) is 13.3. The molecule has 0 saturated heterocycles. The molecule has 0 radical (unpaired) electrons. The number of aromatic nitrogens is 7. The number of aromatic amines is 3. The van der Waals surface area contributed by atoms with Gasteiger partial charge >= 0.3 is 12.0 Å². The molecule has 7 aromatic rings. The van der Waals surface area contributed by atoms with Gasteiger partial charge in [0.15, 0.2) is 17.4 Å². The topological polar surface area (TPSA) is 202 Å². The van der Waals surface area contributed by atoms with Gasteiger partial charge in [0.05, 0.1) is 32.6 Å². The lowest BCUT2D eigenvalue weighted by molar-refractivity contribution is -0.131. The number of carbonyl (C=O) groups is 3. The summed E-state index contributed by atoms with van der Waals surface area (Å²) in [5.41, 5.74) is 8.56. The number of ether oxygens (including phenoxy) is 3. The predicted molar refractivity (Wildman–Crippen MR) is 221 cm³/mol. The van der Waals surface area contributed by atoms with E-state index in [-0.39, 0.29) is 36.6 Å². The fraction of sp³-hybridized carbons (Fsp3) is 0.250. The lowest BCUT2D eigenvalue weighted by Crippen LogP contribution is -2.14. The van der Waals surface area contributed by atoms with Crippen LogP contribution in [0.2, 0.25) is 0 Å². The summed E-state index contributed by atoms with van der Waals surface area (Å²) in [7, 11) is 3.05. The predicted octanol–water partition coefficient (Wildman–Crippen LogP) is 7.48. The van der Waals surface area contributed by atoms with Crippen molar-refractivity contribution in [1.82, 2.24) is 35.3 Å². The van der Waals surface area contributed by atoms with Crippen molar-refractivity contribution in [1.29, 1.82) is 0 Å². The minimum Gasteiger partial charge on any atom is -0.480 e. The van der Waals surface area contributed by atoms with Crippen molar-refractivity contribution in [2.75, 3.05) is 24.9 Å². The van der Waals surface area contributed by atoms with E-state index in [1.54, 1.807) is 19.5 Å². The highest BCUT2D eigenvalue weighted by Gasteiger charge is 2.26. The number of carbonyl (C=O) groups excluding carboxylic acids is 3. The molecule has 0 unspecified atom stereocenters. The number of esters is 1. The zero-order valence-corrected chi connectivity index (χ0v) is 32.8. The van der Waals surface area contributed by atoms with Crippen molar-refractivity contribution in [3.8, 4) is 39.9 Å². The highest BCUT2D eigenvalue weighted by Crippen LogP contribution is 2.40. The Hall–Kier alpha value is -7.29. The van der Waals surface area contributed by atoms with Gasteiger partial charge in [-0.2, -0.15) is 15.2 Å². The minimum atomic E-state index is -0.354. The SMILES string of the molecule is CC(=O)Oc1c[nH]c2ccc(-c3ccc(CC(=O)Nc4cc(C5CC5)[nH]n4)cc3)cc12.COc1ncc(-c2ccc(CC(=O)Nc3cc(C4CC4)[nH]n3)cc2)c(OC)n1. The number of methoxy groups -OCH3 is 2. The maximum atomic E-state index is 12.4. The summed E-state index contributed by atoms with van der Waals surface area (Å²) in [4.78, 5) is 47.4. The average Bonchev–Trinajstić information content (AvgIpc) is 4.15. The summed E-state index contributed by atoms with van der Waals surface area (Å²) in [6, 6.07) is 25.5. The molecule has 2 fully saturated rings. The lowest BCUT2D eigenvalue weighted by atomic mass is 10.0. The first-order valence-electron chi connectivity index (χ1n) is 19.3. The molecule has 9 rings (SSSR count). The number of H-pyrrole nitrogens is 3. The molecule has 0 spiro atoms. The number of hydrogen-bond donors (Lipinski definition) is 5. The Morgan fingerprint density at radius 1 is 0.712 bits per heavy atom. The van der Waals surface area contributed by atoms with Gasteiger partial charge in [0.1, 0.15) is 0 Å². The number of rotatable bonds is 13. The van der Waals surface area contributed by atoms with Crippen LogP contribution >= 0.6 is 0 Å². The highest BCUT2D eigenvalue weighted by atomic mass is 16.5. The Morgan fingerprint density at radius 2 is 1.27 bits per heavy atom. The quantitative estimate of drug-likeness (QED) is 0.0729. The molecule has 2 aliphatic carbocycles. The van der Waals surface area contributed by atoms with Gasteiger partial charge in [0.25, 0.3) is 0 Å². The fourth-order valence-corrected chi connectivity index (χ4v) is 6.69. The molecule has 5 N–H and O–H groups in total. The number of nitrogens with one attached hydrogen (secondary N) is 5. The first-order valence-corrected chi connectivity index (χ1v) is 19.3. The molecule has 0 atom stereocenters. The molecule has 2 aliphatic rings. The highest BCUT2D eigenvalue weighted by molar-refractivity contribution is 5.93. The number of benzene rings is 3. The number of fused-ring (bicyclic) bond motifs is 1. The maximum absolute atomic E-state index is 12.4. The van der Waals surface area contributed by atoms with Crippen LogP contribution in [-0.4, -0.2) is 67.3 Å². The van der Waals surface area contributed by atoms with Gasteiger partial charge in [0.2, 0.25) is 17.7 Å². The standard InChI is InChI=1S/C24H22N4O3.C20H21N5O3/c1-14(29)31-22-13-25-20-9-8-18(11-19(20)22)16-4-2-15(3-5-16)10-24(30)26-23-12-21(27-28-23)17-6-7-17;1-27-19-15(11-21-20(23-19)28-2)13-5-3-12(4-6-13)9-18(26)22-17-10-16(24-25-17)14-7-8-14/h2-5,8-9,11-13,17,25H,6-7,10H2,1H3,(H2,26,27,28,30);3-6,10-11,14H,7-9H2,1-2H3,(H2,22,24,25,26). The summed E-state index contributed by atoms with van der Waals surface area (Å²) in [5.74, 6) is 2.69. The van der Waals surface area contributed by atoms with Crippen LogP contribution in [0.5, 0.6) is 17.6 Å². The van der Waals surface area contributed by atoms with Gasteiger partial charge in [0, 0.05) is 65.6 Å². The minimum absolute atomic E-state index is 0.0960. The maximum Gasteiger partial charge on any atom is 0.319 e. The van der Waals surface area contributed by atoms with E-state index in [9.17, 15) is 14.4 Å². The molecule has 59 heavy (non-hydrogen) atoms. The molecule has 4 heterocycles. The van der Waals surface area contributed by atoms with Gasteiger partial charge in [-0.1, -0.05) is 54.6 Å². The van der Waals surface area contributed by atoms with Gasteiger partial charge in [-0.15, -0.1) is 0 Å². The van der Waals surface area contributed by atoms with Crippen molar-refractivity contribution in [3.05, 3.63) is 114 Å². The van der Waals surface area contributed by atoms with E-state index in [4.69, 9.17) is 14.2 Å². The van der Waals surface area contributed by atoms with Gasteiger partial charge in [-0.3, -0.25) is 24.6 Å². The van der Waals surface area contributed by atoms with Crippen LogP contribution in [0.1, 0.15) is 67.0 Å². The van der Waals surface area contributed by atoms with Crippen molar-refractivity contribution in [3.63, 3.8) is 0 Å². The van der Waals surface area contributed by atoms with Crippen LogP contribution in [-0.2, 0) is 27.2 Å². The van der Waals surface area contributed by atoms with Crippen LogP contribution < -0.4 is 24.8 Å². The summed E-state index contributed by atoms with van der Waals surface area (Å²) < 4.78 is 15.6. The van der Waals surface area contributed by atoms with Crippen LogP contribution in [0.15, 0.2) is 91.3 Å². The Bertz CT molecular complexity index is 2600. The monoisotopic (exact) mass is 793 g/mol. The van der Waals surface area contributed by atoms with Crippen LogP contribution in [0.4, 0.5) is 11.6 Å². The van der Waals surface area contributed by atoms with Gasteiger partial charge in [-0.25, -0.2) is 4.98 Å². The third kappa shape index (κ3) is 9.64. The van der Waals surface area contributed by atoms with Crippen molar-refractivity contribution >= 4 is 40.3 Å². The molecular formula is C44H43N9O6. The average molecular weight is 794 g/mol. The Balaban J connectivity index is 0.000000165. The first kappa shape index (κ1) is 38.6. The molecular weight excluding hydrogens is 751 g/mol. The fourth-order valence-electron chi connectivity index (χ4n) is 6.69. The summed E-state index contributed by atoms with van der Waals surface area (Å²) >= 11 is 0. The van der Waals surface area contributed by atoms with E-state index < -0.39 is 0 Å². The molecule has 4 aromatic heterocycles. The Kier molecular flexibility index (Phi) is 11.2. The number of hydrogen-bond acceptors (Lipinski definition) is 10. The van der Waals surface area contributed by atoms with Gasteiger partial charge < -0.3 is 29.8 Å². The van der Waals surface area contributed by atoms with Gasteiger partial charge in [-0.05, 0) is 65.6 Å². The molecule has 15 heteroatoms. The Morgan fingerprint density at radius 3 is 1.80 bits per heavy atom. The largest absolute Gasteiger partial charge is 0.480 e.